The Morgan fingerprint density at radius 3 is 2.89 bits per heavy atom. The number of nitrogens with two attached hydrogens (primary N) is 1. The van der Waals surface area contributed by atoms with Gasteiger partial charge in [-0.25, -0.2) is 4.39 Å². The highest BCUT2D eigenvalue weighted by molar-refractivity contribution is 5.45. The fourth-order valence-corrected chi connectivity index (χ4v) is 2.11. The molecule has 4 heteroatoms. The van der Waals surface area contributed by atoms with E-state index in [0.29, 0.717) is 12.1 Å². The summed E-state index contributed by atoms with van der Waals surface area (Å²) in [5.41, 5.74) is 8.54. The molecule has 0 aliphatic carbocycles. The van der Waals surface area contributed by atoms with Gasteiger partial charge < -0.3 is 11.1 Å². The minimum atomic E-state index is -0.223. The topological polar surface area (TPSA) is 50.9 Å². The summed E-state index contributed by atoms with van der Waals surface area (Å²) >= 11 is 0. The van der Waals surface area contributed by atoms with Crippen molar-refractivity contribution in [3.63, 3.8) is 0 Å². The number of hydrogen-bond donors (Lipinski definition) is 2. The molecule has 100 valence electrons. The van der Waals surface area contributed by atoms with Crippen LogP contribution < -0.4 is 11.1 Å². The van der Waals surface area contributed by atoms with Gasteiger partial charge in [-0.05, 0) is 42.3 Å². The second-order valence-corrected chi connectivity index (χ2v) is 4.44. The summed E-state index contributed by atoms with van der Waals surface area (Å²) in [6.07, 6.45) is 4.12. The summed E-state index contributed by atoms with van der Waals surface area (Å²) in [7, 11) is 0. The third-order valence-electron chi connectivity index (χ3n) is 3.07. The van der Waals surface area contributed by atoms with Crippen LogP contribution in [0.2, 0.25) is 0 Å². The first-order valence-electron chi connectivity index (χ1n) is 6.38. The fraction of sp³-hybridized carbons (Fsp3) is 0.267. The standard InChI is InChI=1S/C15H18FN3/c1-2-19-15(11-4-3-5-13(16)8-11)9-12-10-18-7-6-14(12)17/h3-8,10,15,19H,2,9H2,1H3,(H2,17,18). The van der Waals surface area contributed by atoms with Gasteiger partial charge in [0.15, 0.2) is 0 Å². The maximum Gasteiger partial charge on any atom is 0.123 e. The van der Waals surface area contributed by atoms with Crippen molar-refractivity contribution in [1.82, 2.24) is 10.3 Å². The Labute approximate surface area is 112 Å². The summed E-state index contributed by atoms with van der Waals surface area (Å²) in [5.74, 6) is -0.223. The van der Waals surface area contributed by atoms with E-state index in [2.05, 4.69) is 10.3 Å². The van der Waals surface area contributed by atoms with Gasteiger partial charge in [0, 0.05) is 24.1 Å². The van der Waals surface area contributed by atoms with E-state index in [1.165, 1.54) is 6.07 Å². The number of nitrogen functional groups attached to an aromatic ring is 1. The Hall–Kier alpha value is -1.94. The second-order valence-electron chi connectivity index (χ2n) is 4.44. The van der Waals surface area contributed by atoms with Crippen molar-refractivity contribution in [3.8, 4) is 0 Å². The van der Waals surface area contributed by atoms with Gasteiger partial charge >= 0.3 is 0 Å². The van der Waals surface area contributed by atoms with Crippen LogP contribution in [0.15, 0.2) is 42.7 Å². The highest BCUT2D eigenvalue weighted by Gasteiger charge is 2.13. The highest BCUT2D eigenvalue weighted by atomic mass is 19.1. The minimum absolute atomic E-state index is 0.0344. The molecule has 1 aromatic carbocycles. The zero-order chi connectivity index (χ0) is 13.7. The third-order valence-corrected chi connectivity index (χ3v) is 3.07. The van der Waals surface area contributed by atoms with Crippen LogP contribution in [0.25, 0.3) is 0 Å². The molecule has 0 aliphatic heterocycles. The summed E-state index contributed by atoms with van der Waals surface area (Å²) < 4.78 is 13.3. The molecular formula is C15H18FN3. The molecule has 3 nitrogen and oxygen atoms in total. The summed E-state index contributed by atoms with van der Waals surface area (Å²) in [5, 5.41) is 3.35. The predicted molar refractivity (Wildman–Crippen MR) is 75.2 cm³/mol. The molecule has 0 saturated carbocycles. The van der Waals surface area contributed by atoms with Crippen LogP contribution in [0.1, 0.15) is 24.1 Å². The lowest BCUT2D eigenvalue weighted by Gasteiger charge is -2.19. The molecule has 0 saturated heterocycles. The number of anilines is 1. The van der Waals surface area contributed by atoms with E-state index in [1.807, 2.05) is 13.0 Å². The van der Waals surface area contributed by atoms with Crippen LogP contribution >= 0.6 is 0 Å². The van der Waals surface area contributed by atoms with Crippen LogP contribution in [0.3, 0.4) is 0 Å². The molecule has 0 radical (unpaired) electrons. The number of likely N-dealkylation sites (N-methyl/N-ethyl adjacent to an activating group) is 1. The molecule has 0 aliphatic rings. The van der Waals surface area contributed by atoms with E-state index in [0.717, 1.165) is 17.7 Å². The Morgan fingerprint density at radius 2 is 2.21 bits per heavy atom. The van der Waals surface area contributed by atoms with Crippen molar-refractivity contribution < 1.29 is 4.39 Å². The average molecular weight is 259 g/mol. The summed E-state index contributed by atoms with van der Waals surface area (Å²) in [6, 6.07) is 8.46. The van der Waals surface area contributed by atoms with E-state index in [1.54, 1.807) is 30.6 Å². The van der Waals surface area contributed by atoms with Gasteiger partial charge in [0.05, 0.1) is 0 Å². The Balaban J connectivity index is 2.24. The normalized spacial score (nSPS) is 12.3. The minimum Gasteiger partial charge on any atom is -0.398 e. The van der Waals surface area contributed by atoms with E-state index in [9.17, 15) is 4.39 Å². The van der Waals surface area contributed by atoms with E-state index >= 15 is 0 Å². The number of hydrogen-bond acceptors (Lipinski definition) is 3. The fourth-order valence-electron chi connectivity index (χ4n) is 2.11. The molecule has 1 aromatic heterocycles. The van der Waals surface area contributed by atoms with Gasteiger partial charge in [-0.15, -0.1) is 0 Å². The highest BCUT2D eigenvalue weighted by Crippen LogP contribution is 2.21. The molecule has 0 amide bonds. The lowest BCUT2D eigenvalue weighted by molar-refractivity contribution is 0.542. The zero-order valence-corrected chi connectivity index (χ0v) is 10.9. The SMILES string of the molecule is CCNC(Cc1cnccc1N)c1cccc(F)c1. The number of nitrogens with one attached hydrogen (secondary N) is 1. The van der Waals surface area contributed by atoms with Crippen molar-refractivity contribution in [3.05, 3.63) is 59.7 Å². The zero-order valence-electron chi connectivity index (χ0n) is 10.9. The van der Waals surface area contributed by atoms with Gasteiger partial charge in [-0.2, -0.15) is 0 Å². The largest absolute Gasteiger partial charge is 0.398 e. The molecule has 0 bridgehead atoms. The van der Waals surface area contributed by atoms with Gasteiger partial charge in [0.2, 0.25) is 0 Å². The van der Waals surface area contributed by atoms with Crippen LogP contribution in [0, 0.1) is 5.82 Å². The number of pyridine rings is 1. The monoisotopic (exact) mass is 259 g/mol. The lowest BCUT2D eigenvalue weighted by atomic mass is 9.99. The molecule has 19 heavy (non-hydrogen) atoms. The smallest absolute Gasteiger partial charge is 0.123 e. The quantitative estimate of drug-likeness (QED) is 0.868. The third kappa shape index (κ3) is 3.51. The molecule has 0 fully saturated rings. The van der Waals surface area contributed by atoms with E-state index in [-0.39, 0.29) is 11.9 Å². The maximum absolute atomic E-state index is 13.3. The molecule has 1 atom stereocenters. The second kappa shape index (κ2) is 6.29. The first kappa shape index (κ1) is 13.5. The Bertz CT molecular complexity index is 542. The molecule has 2 rings (SSSR count). The number of nitrogens with zero attached hydrogens (tertiary/aromatic N) is 1. The van der Waals surface area contributed by atoms with Gasteiger partial charge in [-0.1, -0.05) is 19.1 Å². The van der Waals surface area contributed by atoms with E-state index in [4.69, 9.17) is 5.73 Å². The predicted octanol–water partition coefficient (Wildman–Crippen LogP) is 2.70. The lowest BCUT2D eigenvalue weighted by Crippen LogP contribution is -2.23. The van der Waals surface area contributed by atoms with Gasteiger partial charge in [-0.3, -0.25) is 4.98 Å². The van der Waals surface area contributed by atoms with Crippen LogP contribution in [-0.2, 0) is 6.42 Å². The van der Waals surface area contributed by atoms with Crippen LogP contribution in [0.4, 0.5) is 10.1 Å². The van der Waals surface area contributed by atoms with Gasteiger partial charge in [0.1, 0.15) is 5.82 Å². The van der Waals surface area contributed by atoms with E-state index < -0.39 is 0 Å². The number of aromatic nitrogens is 1. The summed E-state index contributed by atoms with van der Waals surface area (Å²) in [6.45, 7) is 2.83. The molecule has 0 spiro atoms. The molecular weight excluding hydrogens is 241 g/mol. The van der Waals surface area contributed by atoms with Crippen molar-refractivity contribution in [2.24, 2.45) is 0 Å². The summed E-state index contributed by atoms with van der Waals surface area (Å²) in [4.78, 5) is 4.09. The Kier molecular flexibility index (Phi) is 4.47. The van der Waals surface area contributed by atoms with Crippen molar-refractivity contribution in [1.29, 1.82) is 0 Å². The van der Waals surface area contributed by atoms with Crippen LogP contribution in [0.5, 0.6) is 0 Å². The number of benzene rings is 1. The van der Waals surface area contributed by atoms with Crippen LogP contribution in [-0.4, -0.2) is 11.5 Å². The Morgan fingerprint density at radius 1 is 1.37 bits per heavy atom. The first-order valence-corrected chi connectivity index (χ1v) is 6.38. The molecule has 2 aromatic rings. The molecule has 3 N–H and O–H groups in total. The molecule has 1 unspecified atom stereocenters. The number of halogens is 1. The van der Waals surface area contributed by atoms with Crippen molar-refractivity contribution in [2.45, 2.75) is 19.4 Å². The van der Waals surface area contributed by atoms with Crippen molar-refractivity contribution in [2.75, 3.05) is 12.3 Å². The van der Waals surface area contributed by atoms with Crippen molar-refractivity contribution >= 4 is 5.69 Å². The molecule has 1 heterocycles. The first-order chi connectivity index (χ1) is 9.20. The maximum atomic E-state index is 13.3. The average Bonchev–Trinajstić information content (AvgIpc) is 2.40. The number of rotatable bonds is 5. The van der Waals surface area contributed by atoms with Gasteiger partial charge in [0.25, 0.3) is 0 Å².